The molecule has 1 fully saturated rings. The Morgan fingerprint density at radius 2 is 2.19 bits per heavy atom. The van der Waals surface area contributed by atoms with E-state index in [0.717, 1.165) is 0 Å². The van der Waals surface area contributed by atoms with Crippen molar-refractivity contribution in [1.29, 1.82) is 0 Å². The molecule has 1 saturated heterocycles. The van der Waals surface area contributed by atoms with Gasteiger partial charge < -0.3 is 10.1 Å². The van der Waals surface area contributed by atoms with E-state index in [9.17, 15) is 13.2 Å². The standard InChI is InChI=1S/C10H19NO4S/c1-8(2)15-6-10(12)11-5-9-3-4-16(13,14)7-9/h8-9H,3-7H2,1-2H3,(H,11,12). The highest BCUT2D eigenvalue weighted by molar-refractivity contribution is 7.91. The van der Waals surface area contributed by atoms with Crippen LogP contribution in [0.4, 0.5) is 0 Å². The molecule has 0 spiro atoms. The molecule has 0 saturated carbocycles. The molecule has 0 aromatic heterocycles. The van der Waals surface area contributed by atoms with Crippen LogP contribution in [0.5, 0.6) is 0 Å². The van der Waals surface area contributed by atoms with Gasteiger partial charge in [-0.1, -0.05) is 0 Å². The molecule has 1 unspecified atom stereocenters. The zero-order chi connectivity index (χ0) is 12.2. The fourth-order valence-corrected chi connectivity index (χ4v) is 3.45. The second kappa shape index (κ2) is 5.63. The lowest BCUT2D eigenvalue weighted by Gasteiger charge is -2.11. The number of hydrogen-bond acceptors (Lipinski definition) is 4. The summed E-state index contributed by atoms with van der Waals surface area (Å²) < 4.78 is 27.5. The smallest absolute Gasteiger partial charge is 0.246 e. The van der Waals surface area contributed by atoms with Gasteiger partial charge >= 0.3 is 0 Å². The Morgan fingerprint density at radius 3 is 2.69 bits per heavy atom. The van der Waals surface area contributed by atoms with Crippen LogP contribution in [0.15, 0.2) is 0 Å². The van der Waals surface area contributed by atoms with Gasteiger partial charge in [-0.05, 0) is 26.2 Å². The van der Waals surface area contributed by atoms with Gasteiger partial charge in [-0.25, -0.2) is 8.42 Å². The van der Waals surface area contributed by atoms with E-state index < -0.39 is 9.84 Å². The molecule has 5 nitrogen and oxygen atoms in total. The lowest BCUT2D eigenvalue weighted by molar-refractivity contribution is -0.127. The van der Waals surface area contributed by atoms with Crippen molar-refractivity contribution < 1.29 is 17.9 Å². The quantitative estimate of drug-likeness (QED) is 0.742. The summed E-state index contributed by atoms with van der Waals surface area (Å²) in [6, 6.07) is 0. The molecule has 1 N–H and O–H groups in total. The number of nitrogens with one attached hydrogen (secondary N) is 1. The third-order valence-electron chi connectivity index (χ3n) is 2.46. The van der Waals surface area contributed by atoms with Crippen molar-refractivity contribution in [3.63, 3.8) is 0 Å². The summed E-state index contributed by atoms with van der Waals surface area (Å²) in [7, 11) is -2.85. The maximum atomic E-state index is 11.3. The molecule has 6 heteroatoms. The third-order valence-corrected chi connectivity index (χ3v) is 4.30. The van der Waals surface area contributed by atoms with Crippen LogP contribution in [0.1, 0.15) is 20.3 Å². The van der Waals surface area contributed by atoms with E-state index in [-0.39, 0.29) is 36.0 Å². The van der Waals surface area contributed by atoms with Crippen LogP contribution in [-0.4, -0.2) is 45.1 Å². The van der Waals surface area contributed by atoms with Gasteiger partial charge in [0.1, 0.15) is 6.61 Å². The van der Waals surface area contributed by atoms with Crippen LogP contribution in [-0.2, 0) is 19.4 Å². The first-order valence-corrected chi connectivity index (χ1v) is 7.30. The molecule has 16 heavy (non-hydrogen) atoms. The molecule has 0 radical (unpaired) electrons. The van der Waals surface area contributed by atoms with Crippen molar-refractivity contribution in [2.45, 2.75) is 26.4 Å². The fraction of sp³-hybridized carbons (Fsp3) is 0.900. The van der Waals surface area contributed by atoms with Crippen molar-refractivity contribution in [2.24, 2.45) is 5.92 Å². The second-order valence-corrected chi connectivity index (χ2v) is 6.66. The average molecular weight is 249 g/mol. The van der Waals surface area contributed by atoms with Gasteiger partial charge in [-0.15, -0.1) is 0 Å². The van der Waals surface area contributed by atoms with E-state index in [4.69, 9.17) is 4.74 Å². The van der Waals surface area contributed by atoms with Gasteiger partial charge in [-0.2, -0.15) is 0 Å². The number of carbonyl (C=O) groups is 1. The molecule has 1 atom stereocenters. The topological polar surface area (TPSA) is 72.5 Å². The summed E-state index contributed by atoms with van der Waals surface area (Å²) in [5.74, 6) is 0.319. The highest BCUT2D eigenvalue weighted by Gasteiger charge is 2.27. The zero-order valence-corrected chi connectivity index (χ0v) is 10.5. The van der Waals surface area contributed by atoms with E-state index >= 15 is 0 Å². The predicted molar refractivity (Wildman–Crippen MR) is 60.9 cm³/mol. The molecule has 94 valence electrons. The van der Waals surface area contributed by atoms with E-state index in [1.165, 1.54) is 0 Å². The van der Waals surface area contributed by atoms with Crippen LogP contribution in [0.25, 0.3) is 0 Å². The first-order chi connectivity index (χ1) is 7.39. The molecule has 0 aromatic carbocycles. The highest BCUT2D eigenvalue weighted by atomic mass is 32.2. The monoisotopic (exact) mass is 249 g/mol. The Kier molecular flexibility index (Phi) is 4.73. The molecule has 1 amide bonds. The normalized spacial score (nSPS) is 23.6. The molecular weight excluding hydrogens is 230 g/mol. The van der Waals surface area contributed by atoms with Crippen molar-refractivity contribution >= 4 is 15.7 Å². The second-order valence-electron chi connectivity index (χ2n) is 4.43. The van der Waals surface area contributed by atoms with Crippen molar-refractivity contribution in [3.8, 4) is 0 Å². The first kappa shape index (κ1) is 13.4. The number of sulfone groups is 1. The average Bonchev–Trinajstić information content (AvgIpc) is 2.52. The molecule has 0 aliphatic carbocycles. The van der Waals surface area contributed by atoms with Crippen LogP contribution in [0.3, 0.4) is 0 Å². The molecule has 1 aliphatic rings. The van der Waals surface area contributed by atoms with Gasteiger partial charge in [0.05, 0.1) is 17.6 Å². The van der Waals surface area contributed by atoms with E-state index in [0.29, 0.717) is 13.0 Å². The summed E-state index contributed by atoms with van der Waals surface area (Å²) in [5.41, 5.74) is 0. The Hall–Kier alpha value is -0.620. The van der Waals surface area contributed by atoms with Gasteiger partial charge in [0.25, 0.3) is 0 Å². The number of amides is 1. The van der Waals surface area contributed by atoms with Crippen molar-refractivity contribution in [3.05, 3.63) is 0 Å². The molecular formula is C10H19NO4S. The minimum absolute atomic E-state index is 0.0256. The number of ether oxygens (including phenoxy) is 1. The SMILES string of the molecule is CC(C)OCC(=O)NCC1CCS(=O)(=O)C1. The predicted octanol–water partition coefficient (Wildman–Crippen LogP) is -0.0377. The molecule has 0 bridgehead atoms. The summed E-state index contributed by atoms with van der Waals surface area (Å²) in [6.45, 7) is 4.18. The molecule has 0 aromatic rings. The number of carbonyl (C=O) groups excluding carboxylic acids is 1. The maximum absolute atomic E-state index is 11.3. The van der Waals surface area contributed by atoms with E-state index in [1.54, 1.807) is 0 Å². The highest BCUT2D eigenvalue weighted by Crippen LogP contribution is 2.17. The lowest BCUT2D eigenvalue weighted by Crippen LogP contribution is -2.33. The Bertz CT molecular complexity index is 337. The third kappa shape index (κ3) is 4.94. The van der Waals surface area contributed by atoms with Crippen LogP contribution in [0.2, 0.25) is 0 Å². The molecule has 1 aliphatic heterocycles. The summed E-state index contributed by atoms with van der Waals surface area (Å²) in [5, 5.41) is 2.69. The van der Waals surface area contributed by atoms with Gasteiger partial charge in [0, 0.05) is 6.54 Å². The van der Waals surface area contributed by atoms with Crippen LogP contribution in [0, 0.1) is 5.92 Å². The summed E-state index contributed by atoms with van der Waals surface area (Å²) in [4.78, 5) is 11.3. The largest absolute Gasteiger partial charge is 0.369 e. The lowest BCUT2D eigenvalue weighted by atomic mass is 10.1. The first-order valence-electron chi connectivity index (χ1n) is 5.48. The Balaban J connectivity index is 2.18. The van der Waals surface area contributed by atoms with Crippen molar-refractivity contribution in [1.82, 2.24) is 5.32 Å². The zero-order valence-electron chi connectivity index (χ0n) is 9.73. The number of rotatable bonds is 5. The Morgan fingerprint density at radius 1 is 1.50 bits per heavy atom. The minimum Gasteiger partial charge on any atom is -0.369 e. The van der Waals surface area contributed by atoms with Gasteiger partial charge in [-0.3, -0.25) is 4.79 Å². The molecule has 1 rings (SSSR count). The van der Waals surface area contributed by atoms with E-state index in [1.807, 2.05) is 13.8 Å². The Labute approximate surface area is 96.5 Å². The van der Waals surface area contributed by atoms with Gasteiger partial charge in [0.2, 0.25) is 5.91 Å². The van der Waals surface area contributed by atoms with Crippen molar-refractivity contribution in [2.75, 3.05) is 24.7 Å². The van der Waals surface area contributed by atoms with Crippen LogP contribution < -0.4 is 5.32 Å². The van der Waals surface area contributed by atoms with Gasteiger partial charge in [0.15, 0.2) is 9.84 Å². The number of hydrogen-bond donors (Lipinski definition) is 1. The van der Waals surface area contributed by atoms with Crippen LogP contribution >= 0.6 is 0 Å². The fourth-order valence-electron chi connectivity index (χ4n) is 1.58. The van der Waals surface area contributed by atoms with E-state index in [2.05, 4.69) is 5.32 Å². The summed E-state index contributed by atoms with van der Waals surface area (Å²) >= 11 is 0. The molecule has 1 heterocycles. The maximum Gasteiger partial charge on any atom is 0.246 e. The summed E-state index contributed by atoms with van der Waals surface area (Å²) in [6.07, 6.45) is 0.672. The minimum atomic E-state index is -2.85.